The zero-order valence-electron chi connectivity index (χ0n) is 19.0. The van der Waals surface area contributed by atoms with Crippen LogP contribution in [0.1, 0.15) is 41.5 Å². The van der Waals surface area contributed by atoms with Gasteiger partial charge >= 0.3 is 0 Å². The monoisotopic (exact) mass is 431 g/mol. The van der Waals surface area contributed by atoms with Crippen LogP contribution in [0, 0.1) is 0 Å². The maximum atomic E-state index is 5.44. The van der Waals surface area contributed by atoms with E-state index in [0.29, 0.717) is 5.92 Å². The van der Waals surface area contributed by atoms with Crippen LogP contribution in [0.5, 0.6) is 0 Å². The summed E-state index contributed by atoms with van der Waals surface area (Å²) < 4.78 is 5.44. The van der Waals surface area contributed by atoms with Gasteiger partial charge in [0.2, 0.25) is 0 Å². The first-order valence-electron chi connectivity index (χ1n) is 11.5. The van der Waals surface area contributed by atoms with Gasteiger partial charge < -0.3 is 4.42 Å². The normalized spacial score (nSPS) is 11.8. The molecule has 0 aliphatic carbocycles. The van der Waals surface area contributed by atoms with E-state index in [9.17, 15) is 0 Å². The van der Waals surface area contributed by atoms with Crippen molar-refractivity contribution in [3.63, 3.8) is 0 Å². The highest BCUT2D eigenvalue weighted by Crippen LogP contribution is 2.26. The number of hydrogen-bond donors (Lipinski definition) is 0. The van der Waals surface area contributed by atoms with E-state index in [-0.39, 0.29) is 0 Å². The number of rotatable bonds is 6. The maximum absolute atomic E-state index is 5.44. The Morgan fingerprint density at radius 1 is 0.727 bits per heavy atom. The van der Waals surface area contributed by atoms with Gasteiger partial charge in [-0.15, -0.1) is 0 Å². The molecule has 1 unspecified atom stereocenters. The van der Waals surface area contributed by atoms with Crippen molar-refractivity contribution < 1.29 is 4.42 Å². The van der Waals surface area contributed by atoms with Crippen LogP contribution in [0.2, 0.25) is 0 Å². The van der Waals surface area contributed by atoms with Crippen LogP contribution in [0.25, 0.3) is 23.3 Å². The molecule has 1 heterocycles. The number of benzene rings is 4. The van der Waals surface area contributed by atoms with Gasteiger partial charge in [0.05, 0.1) is 0 Å². The third-order valence-corrected chi connectivity index (χ3v) is 5.71. The van der Waals surface area contributed by atoms with Crippen molar-refractivity contribution in [1.82, 2.24) is 4.98 Å². The fourth-order valence-electron chi connectivity index (χ4n) is 3.83. The summed E-state index contributed by atoms with van der Waals surface area (Å²) in [6, 6.07) is 37.6. The van der Waals surface area contributed by atoms with E-state index in [0.717, 1.165) is 23.9 Å². The molecular weight excluding hydrogens is 402 g/mol. The molecule has 0 saturated carbocycles. The summed E-state index contributed by atoms with van der Waals surface area (Å²) >= 11 is 0. The van der Waals surface area contributed by atoms with Gasteiger partial charge in [0.25, 0.3) is 0 Å². The zero-order valence-corrected chi connectivity index (χ0v) is 19.0. The van der Waals surface area contributed by atoms with Crippen molar-refractivity contribution in [2.45, 2.75) is 25.7 Å². The van der Waals surface area contributed by atoms with E-state index in [1.807, 2.05) is 48.5 Å². The molecule has 0 radical (unpaired) electrons. The van der Waals surface area contributed by atoms with Gasteiger partial charge in [0.15, 0.2) is 12.0 Å². The highest BCUT2D eigenvalue weighted by molar-refractivity contribution is 5.73. The van der Waals surface area contributed by atoms with Crippen molar-refractivity contribution in [2.24, 2.45) is 0 Å². The Morgan fingerprint density at radius 2 is 1.33 bits per heavy atom. The standard InChI is InChI=1S/C25H23NO.C6H6/c1-2-22(16-21-12-15-24-25(17-21)27-18-26-24)23-13-10-20(11-14-23)9-8-19-6-4-3-5-7-19;1-2-4-6-5-3-1/h3-15,17-18,22H,2,16H2,1H3;1-6H. The molecule has 0 bridgehead atoms. The Kier molecular flexibility index (Phi) is 7.86. The van der Waals surface area contributed by atoms with Crippen LogP contribution in [-0.4, -0.2) is 4.98 Å². The van der Waals surface area contributed by atoms with E-state index in [1.54, 1.807) is 0 Å². The first-order chi connectivity index (χ1) is 16.3. The lowest BCUT2D eigenvalue weighted by atomic mass is 9.89. The predicted octanol–water partition coefficient (Wildman–Crippen LogP) is 8.42. The molecule has 33 heavy (non-hydrogen) atoms. The fraction of sp³-hybridized carbons (Fsp3) is 0.129. The summed E-state index contributed by atoms with van der Waals surface area (Å²) in [5, 5.41) is 0. The minimum absolute atomic E-state index is 0.498. The summed E-state index contributed by atoms with van der Waals surface area (Å²) in [5.41, 5.74) is 6.90. The second kappa shape index (κ2) is 11.6. The molecule has 0 spiro atoms. The summed E-state index contributed by atoms with van der Waals surface area (Å²) in [4.78, 5) is 4.19. The van der Waals surface area contributed by atoms with Gasteiger partial charge in [0, 0.05) is 0 Å². The van der Waals surface area contributed by atoms with Crippen molar-refractivity contribution in [2.75, 3.05) is 0 Å². The molecule has 0 fully saturated rings. The Hall–Kier alpha value is -3.91. The molecule has 0 saturated heterocycles. The third-order valence-electron chi connectivity index (χ3n) is 5.71. The Bertz CT molecular complexity index is 1230. The van der Waals surface area contributed by atoms with Gasteiger partial charge in [0.1, 0.15) is 5.52 Å². The summed E-state index contributed by atoms with van der Waals surface area (Å²) in [6.45, 7) is 2.25. The second-order valence-electron chi connectivity index (χ2n) is 8.03. The van der Waals surface area contributed by atoms with E-state index < -0.39 is 0 Å². The lowest BCUT2D eigenvalue weighted by Gasteiger charge is -2.16. The van der Waals surface area contributed by atoms with E-state index >= 15 is 0 Å². The second-order valence-corrected chi connectivity index (χ2v) is 8.03. The van der Waals surface area contributed by atoms with Crippen molar-refractivity contribution in [1.29, 1.82) is 0 Å². The Balaban J connectivity index is 0.000000376. The number of aromatic nitrogens is 1. The molecule has 1 atom stereocenters. The van der Waals surface area contributed by atoms with Crippen LogP contribution in [0.3, 0.4) is 0 Å². The smallest absolute Gasteiger partial charge is 0.181 e. The van der Waals surface area contributed by atoms with Gasteiger partial charge in [-0.3, -0.25) is 0 Å². The number of fused-ring (bicyclic) bond motifs is 1. The molecule has 0 aliphatic heterocycles. The molecular formula is C31H29NO. The first kappa shape index (κ1) is 22.3. The van der Waals surface area contributed by atoms with Gasteiger partial charge in [-0.2, -0.15) is 0 Å². The number of oxazole rings is 1. The summed E-state index contributed by atoms with van der Waals surface area (Å²) in [5.74, 6) is 0.498. The van der Waals surface area contributed by atoms with E-state index in [4.69, 9.17) is 4.42 Å². The largest absolute Gasteiger partial charge is 0.443 e. The van der Waals surface area contributed by atoms with E-state index in [2.05, 4.69) is 84.7 Å². The first-order valence-corrected chi connectivity index (χ1v) is 11.5. The highest BCUT2D eigenvalue weighted by atomic mass is 16.3. The highest BCUT2D eigenvalue weighted by Gasteiger charge is 2.11. The molecule has 2 heteroatoms. The molecule has 0 N–H and O–H groups in total. The number of nitrogens with zero attached hydrogens (tertiary/aromatic N) is 1. The zero-order chi connectivity index (χ0) is 22.7. The summed E-state index contributed by atoms with van der Waals surface area (Å²) in [6.07, 6.45) is 7.93. The van der Waals surface area contributed by atoms with E-state index in [1.165, 1.54) is 28.6 Å². The van der Waals surface area contributed by atoms with Crippen molar-refractivity contribution in [3.05, 3.63) is 138 Å². The number of hydrogen-bond acceptors (Lipinski definition) is 2. The Labute approximate surface area is 196 Å². The van der Waals surface area contributed by atoms with Gasteiger partial charge in [-0.25, -0.2) is 4.98 Å². The average molecular weight is 432 g/mol. The Morgan fingerprint density at radius 3 is 1.97 bits per heavy atom. The van der Waals surface area contributed by atoms with Crippen molar-refractivity contribution in [3.8, 4) is 0 Å². The SMILES string of the molecule is CCC(Cc1ccc2ncoc2c1)c1ccc(C=Cc2ccccc2)cc1.c1ccccc1. The lowest BCUT2D eigenvalue weighted by Crippen LogP contribution is -2.01. The molecule has 164 valence electrons. The third kappa shape index (κ3) is 6.54. The van der Waals surface area contributed by atoms with Crippen LogP contribution >= 0.6 is 0 Å². The van der Waals surface area contributed by atoms with Gasteiger partial charge in [-0.05, 0) is 53.1 Å². The van der Waals surface area contributed by atoms with Crippen LogP contribution in [-0.2, 0) is 6.42 Å². The maximum Gasteiger partial charge on any atom is 0.181 e. The summed E-state index contributed by atoms with van der Waals surface area (Å²) in [7, 11) is 0. The quantitative estimate of drug-likeness (QED) is 0.252. The minimum atomic E-state index is 0.498. The van der Waals surface area contributed by atoms with Crippen molar-refractivity contribution >= 4 is 23.3 Å². The lowest BCUT2D eigenvalue weighted by molar-refractivity contribution is 0.600. The average Bonchev–Trinajstić information content (AvgIpc) is 3.36. The molecule has 4 aromatic carbocycles. The molecule has 5 rings (SSSR count). The minimum Gasteiger partial charge on any atom is -0.443 e. The molecule has 5 aromatic rings. The molecule has 1 aromatic heterocycles. The van der Waals surface area contributed by atoms with Crippen LogP contribution in [0.4, 0.5) is 0 Å². The fourth-order valence-corrected chi connectivity index (χ4v) is 3.83. The van der Waals surface area contributed by atoms with Crippen LogP contribution < -0.4 is 0 Å². The predicted molar refractivity (Wildman–Crippen MR) is 139 cm³/mol. The molecule has 2 nitrogen and oxygen atoms in total. The molecule has 0 amide bonds. The van der Waals surface area contributed by atoms with Crippen LogP contribution in [0.15, 0.2) is 120 Å². The molecule has 0 aliphatic rings. The van der Waals surface area contributed by atoms with Gasteiger partial charge in [-0.1, -0.05) is 116 Å². The topological polar surface area (TPSA) is 26.0 Å².